The van der Waals surface area contributed by atoms with Gasteiger partial charge in [0.25, 0.3) is 5.91 Å². The van der Waals surface area contributed by atoms with Crippen LogP contribution in [-0.4, -0.2) is 49.1 Å². The molecule has 5 nitrogen and oxygen atoms in total. The lowest BCUT2D eigenvalue weighted by atomic mass is 10.2. The SMILES string of the molecule is COc1cccc(N2CCN(C(=O)c3sc(-c4ccccc4)nc3C)CC2)c1. The monoisotopic (exact) mass is 393 g/mol. The lowest BCUT2D eigenvalue weighted by Gasteiger charge is -2.36. The van der Waals surface area contributed by atoms with Crippen LogP contribution in [0.4, 0.5) is 5.69 Å². The molecule has 1 aromatic heterocycles. The van der Waals surface area contributed by atoms with Gasteiger partial charge in [-0.05, 0) is 19.1 Å². The van der Waals surface area contributed by atoms with Crippen LogP contribution in [0.1, 0.15) is 15.4 Å². The second kappa shape index (κ2) is 8.02. The first-order valence-corrected chi connectivity index (χ1v) is 10.2. The van der Waals surface area contributed by atoms with Gasteiger partial charge in [0.05, 0.1) is 12.8 Å². The quantitative estimate of drug-likeness (QED) is 0.670. The Hall–Kier alpha value is -2.86. The molecule has 0 bridgehead atoms. The highest BCUT2D eigenvalue weighted by molar-refractivity contribution is 7.17. The minimum absolute atomic E-state index is 0.0856. The van der Waals surface area contributed by atoms with Gasteiger partial charge in [-0.25, -0.2) is 4.98 Å². The zero-order valence-corrected chi connectivity index (χ0v) is 16.9. The van der Waals surface area contributed by atoms with Gasteiger partial charge in [-0.15, -0.1) is 11.3 Å². The first kappa shape index (κ1) is 18.5. The Morgan fingerprint density at radius 2 is 1.79 bits per heavy atom. The van der Waals surface area contributed by atoms with Crippen LogP contribution in [0.15, 0.2) is 54.6 Å². The molecule has 6 heteroatoms. The van der Waals surface area contributed by atoms with Crippen LogP contribution in [0.3, 0.4) is 0 Å². The summed E-state index contributed by atoms with van der Waals surface area (Å²) in [7, 11) is 1.68. The van der Waals surface area contributed by atoms with Gasteiger partial charge in [0.1, 0.15) is 15.6 Å². The van der Waals surface area contributed by atoms with Crippen molar-refractivity contribution in [2.75, 3.05) is 38.2 Å². The number of nitrogens with zero attached hydrogens (tertiary/aromatic N) is 3. The Balaban J connectivity index is 1.45. The van der Waals surface area contributed by atoms with Crippen molar-refractivity contribution < 1.29 is 9.53 Å². The van der Waals surface area contributed by atoms with Gasteiger partial charge >= 0.3 is 0 Å². The average Bonchev–Trinajstić information content (AvgIpc) is 3.15. The van der Waals surface area contributed by atoms with Crippen molar-refractivity contribution in [3.8, 4) is 16.3 Å². The molecular weight excluding hydrogens is 370 g/mol. The van der Waals surface area contributed by atoms with E-state index in [1.165, 1.54) is 11.3 Å². The molecule has 1 saturated heterocycles. The number of hydrogen-bond acceptors (Lipinski definition) is 5. The molecule has 1 aliphatic heterocycles. The summed E-state index contributed by atoms with van der Waals surface area (Å²) in [5.41, 5.74) is 2.99. The average molecular weight is 394 g/mol. The second-order valence-electron chi connectivity index (χ2n) is 6.78. The van der Waals surface area contributed by atoms with Gasteiger partial charge in [0.15, 0.2) is 0 Å². The minimum atomic E-state index is 0.0856. The Labute approximate surface area is 169 Å². The molecule has 4 rings (SSSR count). The van der Waals surface area contributed by atoms with E-state index in [0.29, 0.717) is 13.1 Å². The van der Waals surface area contributed by atoms with Crippen LogP contribution in [0.5, 0.6) is 5.75 Å². The molecule has 0 aliphatic carbocycles. The van der Waals surface area contributed by atoms with Crippen molar-refractivity contribution in [2.24, 2.45) is 0 Å². The molecule has 28 heavy (non-hydrogen) atoms. The highest BCUT2D eigenvalue weighted by Crippen LogP contribution is 2.29. The van der Waals surface area contributed by atoms with Crippen molar-refractivity contribution in [2.45, 2.75) is 6.92 Å². The van der Waals surface area contributed by atoms with Crippen molar-refractivity contribution in [1.82, 2.24) is 9.88 Å². The summed E-state index contributed by atoms with van der Waals surface area (Å²) in [5.74, 6) is 0.937. The summed E-state index contributed by atoms with van der Waals surface area (Å²) < 4.78 is 5.32. The van der Waals surface area contributed by atoms with Crippen molar-refractivity contribution >= 4 is 22.9 Å². The number of anilines is 1. The van der Waals surface area contributed by atoms with Gasteiger partial charge in [-0.3, -0.25) is 4.79 Å². The van der Waals surface area contributed by atoms with Gasteiger partial charge in [0.2, 0.25) is 0 Å². The molecule has 2 aromatic carbocycles. The topological polar surface area (TPSA) is 45.7 Å². The van der Waals surface area contributed by atoms with Crippen LogP contribution in [0.25, 0.3) is 10.6 Å². The number of thiazole rings is 1. The Kier molecular flexibility index (Phi) is 5.30. The van der Waals surface area contributed by atoms with Crippen molar-refractivity contribution in [3.05, 3.63) is 65.2 Å². The fourth-order valence-electron chi connectivity index (χ4n) is 3.42. The number of methoxy groups -OCH3 is 1. The molecule has 0 atom stereocenters. The van der Waals surface area contributed by atoms with E-state index in [1.54, 1.807) is 7.11 Å². The lowest BCUT2D eigenvalue weighted by molar-refractivity contribution is 0.0750. The number of ether oxygens (including phenoxy) is 1. The smallest absolute Gasteiger partial charge is 0.265 e. The van der Waals surface area contributed by atoms with Gasteiger partial charge < -0.3 is 14.5 Å². The Morgan fingerprint density at radius 3 is 2.50 bits per heavy atom. The molecule has 144 valence electrons. The number of piperazine rings is 1. The molecule has 0 radical (unpaired) electrons. The number of aromatic nitrogens is 1. The maximum Gasteiger partial charge on any atom is 0.265 e. The van der Waals surface area contributed by atoms with E-state index in [9.17, 15) is 4.79 Å². The molecule has 0 saturated carbocycles. The second-order valence-corrected chi connectivity index (χ2v) is 7.78. The zero-order chi connectivity index (χ0) is 19.5. The number of carbonyl (C=O) groups excluding carboxylic acids is 1. The number of hydrogen-bond donors (Lipinski definition) is 0. The van der Waals surface area contributed by atoms with Crippen LogP contribution >= 0.6 is 11.3 Å². The van der Waals surface area contributed by atoms with Crippen LogP contribution in [-0.2, 0) is 0 Å². The number of carbonyl (C=O) groups is 1. The summed E-state index contributed by atoms with van der Waals surface area (Å²) in [6.07, 6.45) is 0. The minimum Gasteiger partial charge on any atom is -0.497 e. The Morgan fingerprint density at radius 1 is 1.04 bits per heavy atom. The fourth-order valence-corrected chi connectivity index (χ4v) is 4.46. The highest BCUT2D eigenvalue weighted by atomic mass is 32.1. The van der Waals surface area contributed by atoms with Crippen LogP contribution in [0, 0.1) is 6.92 Å². The van der Waals surface area contributed by atoms with Gasteiger partial charge in [-0.1, -0.05) is 36.4 Å². The maximum absolute atomic E-state index is 13.1. The summed E-state index contributed by atoms with van der Waals surface area (Å²) in [6, 6.07) is 18.1. The number of aryl methyl sites for hydroxylation is 1. The summed E-state index contributed by atoms with van der Waals surface area (Å²) in [4.78, 5) is 22.7. The molecule has 1 aliphatic rings. The first-order valence-electron chi connectivity index (χ1n) is 9.37. The molecule has 0 unspecified atom stereocenters. The number of rotatable bonds is 4. The normalized spacial score (nSPS) is 14.2. The third-order valence-corrected chi connectivity index (χ3v) is 6.19. The van der Waals surface area contributed by atoms with Crippen LogP contribution < -0.4 is 9.64 Å². The largest absolute Gasteiger partial charge is 0.497 e. The third-order valence-electron chi connectivity index (χ3n) is 5.00. The van der Waals surface area contributed by atoms with E-state index < -0.39 is 0 Å². The van der Waals surface area contributed by atoms with E-state index >= 15 is 0 Å². The van der Waals surface area contributed by atoms with E-state index in [-0.39, 0.29) is 5.91 Å². The highest BCUT2D eigenvalue weighted by Gasteiger charge is 2.26. The Bertz CT molecular complexity index is 963. The molecule has 2 heterocycles. The fraction of sp³-hybridized carbons (Fsp3) is 0.273. The maximum atomic E-state index is 13.1. The van der Waals surface area contributed by atoms with E-state index in [2.05, 4.69) is 16.0 Å². The predicted molar refractivity (Wildman–Crippen MR) is 113 cm³/mol. The standard InChI is InChI=1S/C22H23N3O2S/c1-16-20(28-21(23-16)17-7-4-3-5-8-17)22(26)25-13-11-24(12-14-25)18-9-6-10-19(15-18)27-2/h3-10,15H,11-14H2,1-2H3. The van der Waals surface area contributed by atoms with Crippen molar-refractivity contribution in [3.63, 3.8) is 0 Å². The zero-order valence-electron chi connectivity index (χ0n) is 16.1. The number of benzene rings is 2. The van der Waals surface area contributed by atoms with Gasteiger partial charge in [-0.2, -0.15) is 0 Å². The summed E-state index contributed by atoms with van der Waals surface area (Å²) in [5, 5.41) is 0.900. The first-order chi connectivity index (χ1) is 13.7. The third kappa shape index (κ3) is 3.73. The lowest BCUT2D eigenvalue weighted by Crippen LogP contribution is -2.48. The van der Waals surface area contributed by atoms with E-state index in [4.69, 9.17) is 4.74 Å². The molecule has 0 N–H and O–H groups in total. The van der Waals surface area contributed by atoms with Gasteiger partial charge in [0, 0.05) is 43.5 Å². The predicted octanol–water partition coefficient (Wildman–Crippen LogP) is 4.09. The van der Waals surface area contributed by atoms with E-state index in [0.717, 1.165) is 45.7 Å². The molecule has 0 spiro atoms. The van der Waals surface area contributed by atoms with Crippen LogP contribution in [0.2, 0.25) is 0 Å². The molecular formula is C22H23N3O2S. The summed E-state index contributed by atoms with van der Waals surface area (Å²) in [6.45, 7) is 4.94. The molecule has 3 aromatic rings. The van der Waals surface area contributed by atoms with Crippen molar-refractivity contribution in [1.29, 1.82) is 0 Å². The number of amides is 1. The molecule has 1 fully saturated rings. The van der Waals surface area contributed by atoms with E-state index in [1.807, 2.05) is 60.4 Å². The molecule has 1 amide bonds. The summed E-state index contributed by atoms with van der Waals surface area (Å²) >= 11 is 1.48.